The van der Waals surface area contributed by atoms with Gasteiger partial charge in [-0.15, -0.1) is 0 Å². The van der Waals surface area contributed by atoms with Gasteiger partial charge >= 0.3 is 6.01 Å². The molecule has 0 saturated heterocycles. The highest BCUT2D eigenvalue weighted by Gasteiger charge is 2.34. The average molecular weight is 447 g/mol. The second-order valence-corrected chi connectivity index (χ2v) is 8.83. The smallest absolute Gasteiger partial charge is 0.320 e. The van der Waals surface area contributed by atoms with Crippen molar-refractivity contribution >= 4 is 69.6 Å². The van der Waals surface area contributed by atoms with Crippen molar-refractivity contribution in [3.05, 3.63) is 11.6 Å². The van der Waals surface area contributed by atoms with Gasteiger partial charge in [-0.25, -0.2) is 4.98 Å². The van der Waals surface area contributed by atoms with E-state index in [2.05, 4.69) is 15.0 Å². The molecule has 0 fully saturated rings. The lowest BCUT2D eigenvalue weighted by atomic mass is 10.5. The zero-order valence-electron chi connectivity index (χ0n) is 11.9. The standard InChI is InChI=1S/C11H14Cl6N4O2/c1-2-21(3-5-22)4-6-23-9-19-7(10(12,13)14)18-8(20-9)11(15,16)17/h22H,2-6H2,1H3. The molecule has 0 aliphatic heterocycles. The molecule has 0 aliphatic rings. The molecule has 0 radical (unpaired) electrons. The lowest BCUT2D eigenvalue weighted by Crippen LogP contribution is -2.31. The number of rotatable bonds is 7. The molecule has 1 aromatic heterocycles. The topological polar surface area (TPSA) is 71.4 Å². The van der Waals surface area contributed by atoms with Crippen LogP contribution in [-0.4, -0.2) is 57.8 Å². The maximum Gasteiger partial charge on any atom is 0.320 e. The zero-order chi connectivity index (χ0) is 17.7. The van der Waals surface area contributed by atoms with Crippen LogP contribution in [0.5, 0.6) is 6.01 Å². The summed E-state index contributed by atoms with van der Waals surface area (Å²) in [5.74, 6) is -0.423. The van der Waals surface area contributed by atoms with Crippen LogP contribution in [0.4, 0.5) is 0 Å². The van der Waals surface area contributed by atoms with E-state index in [-0.39, 0.29) is 30.9 Å². The monoisotopic (exact) mass is 444 g/mol. The predicted octanol–water partition coefficient (Wildman–Crippen LogP) is 3.22. The van der Waals surface area contributed by atoms with E-state index in [1.807, 2.05) is 11.8 Å². The van der Waals surface area contributed by atoms with Gasteiger partial charge in [-0.2, -0.15) is 9.97 Å². The third-order valence-electron chi connectivity index (χ3n) is 2.62. The van der Waals surface area contributed by atoms with Crippen LogP contribution in [0, 0.1) is 0 Å². The highest BCUT2D eigenvalue weighted by atomic mass is 35.6. The normalized spacial score (nSPS) is 12.7. The Morgan fingerprint density at radius 2 is 1.48 bits per heavy atom. The number of alkyl halides is 6. The summed E-state index contributed by atoms with van der Waals surface area (Å²) in [5, 5.41) is 8.93. The van der Waals surface area contributed by atoms with Crippen molar-refractivity contribution in [2.45, 2.75) is 14.5 Å². The van der Waals surface area contributed by atoms with Gasteiger partial charge in [0.1, 0.15) is 6.61 Å². The molecule has 1 heterocycles. The quantitative estimate of drug-likeness (QED) is 0.648. The van der Waals surface area contributed by atoms with Crippen molar-refractivity contribution in [3.63, 3.8) is 0 Å². The van der Waals surface area contributed by atoms with E-state index in [0.717, 1.165) is 6.54 Å². The summed E-state index contributed by atoms with van der Waals surface area (Å²) in [6.07, 6.45) is 0. The Kier molecular flexibility index (Phi) is 8.65. The summed E-state index contributed by atoms with van der Waals surface area (Å²) in [6, 6.07) is -0.122. The van der Waals surface area contributed by atoms with Gasteiger partial charge in [0.2, 0.25) is 7.59 Å². The van der Waals surface area contributed by atoms with Crippen LogP contribution in [0.3, 0.4) is 0 Å². The number of aliphatic hydroxyl groups is 1. The van der Waals surface area contributed by atoms with Gasteiger partial charge in [0.15, 0.2) is 11.6 Å². The fourth-order valence-corrected chi connectivity index (χ4v) is 2.02. The van der Waals surface area contributed by atoms with Gasteiger partial charge in [0.05, 0.1) is 6.61 Å². The molecule has 1 aromatic rings. The first-order chi connectivity index (χ1) is 10.6. The molecule has 1 N–H and O–H groups in total. The van der Waals surface area contributed by atoms with E-state index in [4.69, 9.17) is 79.4 Å². The summed E-state index contributed by atoms with van der Waals surface area (Å²) in [6.45, 7) is 4.05. The number of hydrogen-bond donors (Lipinski definition) is 1. The number of halogens is 6. The van der Waals surface area contributed by atoms with Crippen molar-refractivity contribution in [2.75, 3.05) is 32.8 Å². The SMILES string of the molecule is CCN(CCO)CCOc1nc(C(Cl)(Cl)Cl)nc(C(Cl)(Cl)Cl)n1. The first kappa shape index (κ1) is 21.5. The Morgan fingerprint density at radius 3 is 1.87 bits per heavy atom. The van der Waals surface area contributed by atoms with Gasteiger partial charge < -0.3 is 9.84 Å². The number of aliphatic hydroxyl groups excluding tert-OH is 1. The van der Waals surface area contributed by atoms with E-state index < -0.39 is 7.59 Å². The molecule has 0 aliphatic carbocycles. The van der Waals surface area contributed by atoms with Crippen LogP contribution < -0.4 is 4.74 Å². The first-order valence-electron chi connectivity index (χ1n) is 6.44. The fraction of sp³-hybridized carbons (Fsp3) is 0.727. The minimum absolute atomic E-state index is 0.0500. The highest BCUT2D eigenvalue weighted by molar-refractivity contribution is 6.67. The Morgan fingerprint density at radius 1 is 0.957 bits per heavy atom. The number of ether oxygens (including phenoxy) is 1. The van der Waals surface area contributed by atoms with Gasteiger partial charge in [-0.05, 0) is 6.54 Å². The minimum atomic E-state index is -1.92. The van der Waals surface area contributed by atoms with Gasteiger partial charge in [-0.3, -0.25) is 4.90 Å². The maximum atomic E-state index is 8.93. The number of likely N-dealkylation sites (N-methyl/N-ethyl adjacent to an activating group) is 1. The van der Waals surface area contributed by atoms with E-state index >= 15 is 0 Å². The predicted molar refractivity (Wildman–Crippen MR) is 93.0 cm³/mol. The second-order valence-electron chi connectivity index (χ2n) is 4.27. The van der Waals surface area contributed by atoms with Crippen molar-refractivity contribution in [1.82, 2.24) is 19.9 Å². The number of hydrogen-bond acceptors (Lipinski definition) is 6. The molecule has 0 spiro atoms. The Balaban J connectivity index is 2.89. The lowest BCUT2D eigenvalue weighted by Gasteiger charge is -2.19. The van der Waals surface area contributed by atoms with E-state index in [9.17, 15) is 0 Å². The van der Waals surface area contributed by atoms with Crippen LogP contribution in [0.25, 0.3) is 0 Å². The highest BCUT2D eigenvalue weighted by Crippen LogP contribution is 2.40. The van der Waals surface area contributed by atoms with Gasteiger partial charge in [-0.1, -0.05) is 76.5 Å². The zero-order valence-corrected chi connectivity index (χ0v) is 16.5. The molecule has 0 amide bonds. The Hall–Kier alpha value is 0.470. The van der Waals surface area contributed by atoms with E-state index in [0.29, 0.717) is 13.1 Å². The van der Waals surface area contributed by atoms with Crippen molar-refractivity contribution in [1.29, 1.82) is 0 Å². The summed E-state index contributed by atoms with van der Waals surface area (Å²) in [4.78, 5) is 13.6. The molecule has 12 heteroatoms. The molecule has 0 saturated carbocycles. The minimum Gasteiger partial charge on any atom is -0.462 e. The van der Waals surface area contributed by atoms with Crippen LogP contribution in [0.2, 0.25) is 0 Å². The molecular formula is C11H14Cl6N4O2. The third-order valence-corrected chi connectivity index (χ3v) is 3.64. The van der Waals surface area contributed by atoms with Crippen LogP contribution >= 0.6 is 69.6 Å². The molecule has 132 valence electrons. The van der Waals surface area contributed by atoms with E-state index in [1.54, 1.807) is 0 Å². The van der Waals surface area contributed by atoms with Crippen molar-refractivity contribution in [2.24, 2.45) is 0 Å². The van der Waals surface area contributed by atoms with Gasteiger partial charge in [0.25, 0.3) is 0 Å². The van der Waals surface area contributed by atoms with E-state index in [1.165, 1.54) is 0 Å². The lowest BCUT2D eigenvalue weighted by molar-refractivity contribution is 0.169. The molecular weight excluding hydrogens is 433 g/mol. The Bertz CT molecular complexity index is 476. The molecule has 0 bridgehead atoms. The summed E-state index contributed by atoms with van der Waals surface area (Å²) in [5.41, 5.74) is 0. The second kappa shape index (κ2) is 9.25. The Labute approximate surface area is 163 Å². The number of aromatic nitrogens is 3. The first-order valence-corrected chi connectivity index (χ1v) is 8.71. The van der Waals surface area contributed by atoms with Crippen molar-refractivity contribution in [3.8, 4) is 6.01 Å². The average Bonchev–Trinajstić information content (AvgIpc) is 2.44. The van der Waals surface area contributed by atoms with Crippen molar-refractivity contribution < 1.29 is 9.84 Å². The largest absolute Gasteiger partial charge is 0.462 e. The molecule has 23 heavy (non-hydrogen) atoms. The molecule has 0 atom stereocenters. The maximum absolute atomic E-state index is 8.93. The number of nitrogens with zero attached hydrogens (tertiary/aromatic N) is 4. The summed E-state index contributed by atoms with van der Waals surface area (Å²) in [7, 11) is 0. The molecule has 0 unspecified atom stereocenters. The summed E-state index contributed by atoms with van der Waals surface area (Å²) >= 11 is 34.5. The third kappa shape index (κ3) is 7.48. The van der Waals surface area contributed by atoms with Gasteiger partial charge in [0, 0.05) is 13.1 Å². The van der Waals surface area contributed by atoms with Crippen LogP contribution in [-0.2, 0) is 7.59 Å². The molecule has 0 aromatic carbocycles. The summed E-state index contributed by atoms with van der Waals surface area (Å²) < 4.78 is 1.58. The van der Waals surface area contributed by atoms with Crippen LogP contribution in [0.1, 0.15) is 18.6 Å². The molecule has 1 rings (SSSR count). The fourth-order valence-electron chi connectivity index (χ4n) is 1.51. The van der Waals surface area contributed by atoms with Crippen LogP contribution in [0.15, 0.2) is 0 Å². The molecule has 6 nitrogen and oxygen atoms in total.